The molecule has 1 saturated carbocycles. The van der Waals surface area contributed by atoms with E-state index in [1.165, 1.54) is 0 Å². The molecule has 1 aliphatic carbocycles. The lowest BCUT2D eigenvalue weighted by Gasteiger charge is -2.58. The third-order valence-corrected chi connectivity index (χ3v) is 6.15. The molecule has 154 valence electrons. The Morgan fingerprint density at radius 3 is 2.46 bits per heavy atom. The second kappa shape index (κ2) is 7.63. The number of carbonyl (C=O) groups excluding carboxylic acids is 1. The molecule has 0 bridgehead atoms. The van der Waals surface area contributed by atoms with Crippen LogP contribution in [-0.4, -0.2) is 52.4 Å². The first-order valence-corrected chi connectivity index (χ1v) is 10.3. The number of rotatable bonds is 4. The molecule has 1 N–H and O–H groups in total. The molecule has 1 aromatic heterocycles. The highest BCUT2D eigenvalue weighted by Gasteiger charge is 2.58. The van der Waals surface area contributed by atoms with Gasteiger partial charge in [0.1, 0.15) is 16.8 Å². The summed E-state index contributed by atoms with van der Waals surface area (Å²) in [5.41, 5.74) is -0.225. The van der Waals surface area contributed by atoms with E-state index in [0.717, 1.165) is 31.2 Å². The van der Waals surface area contributed by atoms with Crippen LogP contribution in [0.3, 0.4) is 0 Å². The molecule has 7 nitrogen and oxygen atoms in total. The zero-order valence-corrected chi connectivity index (χ0v) is 18.1. The van der Waals surface area contributed by atoms with Crippen molar-refractivity contribution in [3.05, 3.63) is 28.5 Å². The van der Waals surface area contributed by atoms with Crippen molar-refractivity contribution in [1.82, 2.24) is 9.88 Å². The van der Waals surface area contributed by atoms with Crippen LogP contribution in [0, 0.1) is 5.41 Å². The normalized spacial score (nSPS) is 20.5. The van der Waals surface area contributed by atoms with Crippen molar-refractivity contribution in [2.24, 2.45) is 5.41 Å². The minimum absolute atomic E-state index is 0.0479. The van der Waals surface area contributed by atoms with Crippen molar-refractivity contribution in [2.45, 2.75) is 57.7 Å². The molecule has 0 unspecified atom stereocenters. The molecule has 1 amide bonds. The van der Waals surface area contributed by atoms with Gasteiger partial charge in [-0.2, -0.15) is 0 Å². The molecule has 1 aromatic rings. The first kappa shape index (κ1) is 21.0. The zero-order chi connectivity index (χ0) is 20.6. The van der Waals surface area contributed by atoms with Gasteiger partial charge in [0, 0.05) is 24.8 Å². The summed E-state index contributed by atoms with van der Waals surface area (Å²) in [6, 6.07) is 3.77. The lowest BCUT2D eigenvalue weighted by Crippen LogP contribution is -2.57. The van der Waals surface area contributed by atoms with Crippen LogP contribution in [0.25, 0.3) is 0 Å². The quantitative estimate of drug-likeness (QED) is 0.692. The van der Waals surface area contributed by atoms with Crippen LogP contribution in [0.5, 0.6) is 0 Å². The van der Waals surface area contributed by atoms with Crippen molar-refractivity contribution in [3.63, 3.8) is 0 Å². The number of aliphatic carboxylic acids is 1. The van der Waals surface area contributed by atoms with Crippen molar-refractivity contribution in [1.29, 1.82) is 0 Å². The number of hydrogen-bond donors (Lipinski definition) is 1. The number of pyridine rings is 1. The fourth-order valence-corrected chi connectivity index (χ4v) is 4.91. The predicted octanol–water partition coefficient (Wildman–Crippen LogP) is 3.95. The van der Waals surface area contributed by atoms with Crippen LogP contribution >= 0.6 is 15.9 Å². The molecule has 8 heteroatoms. The van der Waals surface area contributed by atoms with Gasteiger partial charge in [0.25, 0.3) is 0 Å². The highest BCUT2D eigenvalue weighted by atomic mass is 79.9. The summed E-state index contributed by atoms with van der Waals surface area (Å²) in [6.45, 7) is 6.52. The van der Waals surface area contributed by atoms with E-state index < -0.39 is 17.2 Å². The lowest BCUT2D eigenvalue weighted by atomic mass is 9.53. The van der Waals surface area contributed by atoms with Gasteiger partial charge in [0.15, 0.2) is 0 Å². The number of carboxylic acids is 1. The predicted molar refractivity (Wildman–Crippen MR) is 106 cm³/mol. The van der Waals surface area contributed by atoms with Gasteiger partial charge in [0.05, 0.1) is 5.60 Å². The van der Waals surface area contributed by atoms with Crippen LogP contribution in [-0.2, 0) is 19.9 Å². The van der Waals surface area contributed by atoms with E-state index in [2.05, 4.69) is 20.9 Å². The smallest absolute Gasteiger partial charge is 0.410 e. The third-order valence-electron chi connectivity index (χ3n) is 5.52. The van der Waals surface area contributed by atoms with E-state index in [1.54, 1.807) is 11.1 Å². The Bertz CT molecular complexity index is 745. The van der Waals surface area contributed by atoms with Crippen LogP contribution in [0.4, 0.5) is 4.79 Å². The van der Waals surface area contributed by atoms with Crippen LogP contribution < -0.4 is 0 Å². The average Bonchev–Trinajstić information content (AvgIpc) is 2.57. The summed E-state index contributed by atoms with van der Waals surface area (Å²) in [5, 5.41) is 9.09. The number of carboxylic acid groups (broad SMARTS) is 1. The summed E-state index contributed by atoms with van der Waals surface area (Å²) in [4.78, 5) is 29.4. The van der Waals surface area contributed by atoms with Crippen LogP contribution in [0.2, 0.25) is 0 Å². The monoisotopic (exact) mass is 454 g/mol. The van der Waals surface area contributed by atoms with E-state index in [-0.39, 0.29) is 18.1 Å². The zero-order valence-electron chi connectivity index (χ0n) is 16.5. The minimum atomic E-state index is -0.986. The number of likely N-dealkylation sites (tertiary alicyclic amines) is 1. The molecule has 2 fully saturated rings. The Morgan fingerprint density at radius 1 is 1.29 bits per heavy atom. The van der Waals surface area contributed by atoms with E-state index in [4.69, 9.17) is 14.6 Å². The maximum Gasteiger partial charge on any atom is 0.410 e. The number of aromatic nitrogens is 1. The molecular formula is C20H27BrN2O5. The summed E-state index contributed by atoms with van der Waals surface area (Å²) < 4.78 is 12.0. The van der Waals surface area contributed by atoms with Gasteiger partial charge in [-0.25, -0.2) is 14.6 Å². The topological polar surface area (TPSA) is 89.0 Å². The molecule has 2 heterocycles. The number of nitrogens with zero attached hydrogens (tertiary/aromatic N) is 2. The van der Waals surface area contributed by atoms with E-state index >= 15 is 0 Å². The number of hydrogen-bond acceptors (Lipinski definition) is 5. The number of ether oxygens (including phenoxy) is 2. The minimum Gasteiger partial charge on any atom is -0.480 e. The summed E-state index contributed by atoms with van der Waals surface area (Å²) in [7, 11) is 0. The number of halogens is 1. The van der Waals surface area contributed by atoms with Gasteiger partial charge >= 0.3 is 12.1 Å². The number of amides is 1. The Kier molecular flexibility index (Phi) is 5.74. The van der Waals surface area contributed by atoms with Crippen molar-refractivity contribution >= 4 is 28.0 Å². The molecule has 28 heavy (non-hydrogen) atoms. The van der Waals surface area contributed by atoms with Gasteiger partial charge in [-0.05, 0) is 73.9 Å². The molecule has 0 atom stereocenters. The number of piperidine rings is 1. The fraction of sp³-hybridized carbons (Fsp3) is 0.650. The molecule has 0 aromatic carbocycles. The van der Waals surface area contributed by atoms with Gasteiger partial charge in [0.2, 0.25) is 0 Å². The van der Waals surface area contributed by atoms with Crippen molar-refractivity contribution < 1.29 is 24.2 Å². The molecule has 1 spiro atoms. The van der Waals surface area contributed by atoms with Gasteiger partial charge < -0.3 is 19.5 Å². The molecule has 1 saturated heterocycles. The van der Waals surface area contributed by atoms with E-state index in [1.807, 2.05) is 32.9 Å². The van der Waals surface area contributed by atoms with Crippen LogP contribution in [0.1, 0.15) is 52.0 Å². The van der Waals surface area contributed by atoms with Crippen LogP contribution in [0.15, 0.2) is 22.9 Å². The number of carbonyl (C=O) groups is 2. The van der Waals surface area contributed by atoms with Crippen molar-refractivity contribution in [2.75, 3.05) is 19.7 Å². The molecule has 0 radical (unpaired) electrons. The standard InChI is InChI=1S/C20H27BrN2O5/c1-18(2,3)28-17(26)23-9-6-19(7-10-23)12-20(13-19,27-11-15(24)25)14-5-4-8-22-16(14)21/h4-5,8H,6-7,9-13H2,1-3H3,(H,24,25). The summed E-state index contributed by atoms with van der Waals surface area (Å²) in [6.07, 6.45) is 4.56. The second-order valence-corrected chi connectivity index (χ2v) is 9.59. The van der Waals surface area contributed by atoms with E-state index in [0.29, 0.717) is 17.7 Å². The van der Waals surface area contributed by atoms with E-state index in [9.17, 15) is 9.59 Å². The Morgan fingerprint density at radius 2 is 1.93 bits per heavy atom. The van der Waals surface area contributed by atoms with Crippen molar-refractivity contribution in [3.8, 4) is 0 Å². The fourth-order valence-electron chi connectivity index (χ4n) is 4.30. The Hall–Kier alpha value is -1.67. The van der Waals surface area contributed by atoms with Gasteiger partial charge in [-0.15, -0.1) is 0 Å². The molecule has 2 aliphatic rings. The Labute approximate surface area is 173 Å². The summed E-state index contributed by atoms with van der Waals surface area (Å²) >= 11 is 3.47. The maximum absolute atomic E-state index is 12.3. The third kappa shape index (κ3) is 4.49. The highest BCUT2D eigenvalue weighted by molar-refractivity contribution is 9.10. The van der Waals surface area contributed by atoms with Gasteiger partial charge in [-0.3, -0.25) is 0 Å². The SMILES string of the molecule is CC(C)(C)OC(=O)N1CCC2(CC1)CC(OCC(=O)O)(c1cccnc1Br)C2. The molecule has 1 aliphatic heterocycles. The first-order valence-electron chi connectivity index (χ1n) is 9.49. The maximum atomic E-state index is 12.3. The molecule has 3 rings (SSSR count). The first-order chi connectivity index (χ1) is 13.0. The van der Waals surface area contributed by atoms with Gasteiger partial charge in [-0.1, -0.05) is 6.07 Å². The second-order valence-electron chi connectivity index (χ2n) is 8.84. The Balaban J connectivity index is 1.68. The lowest BCUT2D eigenvalue weighted by molar-refractivity contribution is -0.198. The summed E-state index contributed by atoms with van der Waals surface area (Å²) in [5.74, 6) is -0.986. The largest absolute Gasteiger partial charge is 0.480 e. The average molecular weight is 455 g/mol. The molecular weight excluding hydrogens is 428 g/mol. The highest BCUT2D eigenvalue weighted by Crippen LogP contribution is 2.61.